The maximum absolute atomic E-state index is 10.8. The maximum atomic E-state index is 10.8. The van der Waals surface area contributed by atoms with Crippen LogP contribution in [0.15, 0.2) is 5.51 Å². The van der Waals surface area contributed by atoms with Crippen molar-refractivity contribution in [3.63, 3.8) is 0 Å². The Labute approximate surface area is 112 Å². The fourth-order valence-electron chi connectivity index (χ4n) is 1.47. The topological polar surface area (TPSA) is 65.5 Å². The van der Waals surface area contributed by atoms with Crippen LogP contribution in [0.4, 0.5) is 5.00 Å². The van der Waals surface area contributed by atoms with Crippen LogP contribution >= 0.6 is 11.3 Å². The molecule has 0 unspecified atom stereocenters. The summed E-state index contributed by atoms with van der Waals surface area (Å²) >= 11 is 1.33. The van der Waals surface area contributed by atoms with Crippen LogP contribution in [0.25, 0.3) is 0 Å². The number of hydrogen-bond donors (Lipinski definition) is 2. The first-order valence-electron chi connectivity index (χ1n) is 6.13. The lowest BCUT2D eigenvalue weighted by atomic mass is 10.2. The van der Waals surface area contributed by atoms with Gasteiger partial charge in [-0.2, -0.15) is 0 Å². The summed E-state index contributed by atoms with van der Waals surface area (Å²) < 4.78 is 0. The number of nitrogens with one attached hydrogen (secondary N) is 1. The summed E-state index contributed by atoms with van der Waals surface area (Å²) in [5.74, 6) is -0.974. The highest BCUT2D eigenvalue weighted by Gasteiger charge is 2.12. The van der Waals surface area contributed by atoms with Gasteiger partial charge in [-0.25, -0.2) is 9.78 Å². The van der Waals surface area contributed by atoms with E-state index in [2.05, 4.69) is 36.1 Å². The first-order valence-corrected chi connectivity index (χ1v) is 7.01. The van der Waals surface area contributed by atoms with Crippen molar-refractivity contribution in [1.82, 2.24) is 9.88 Å². The van der Waals surface area contributed by atoms with Crippen LogP contribution in [0.1, 0.15) is 37.2 Å². The molecule has 1 heterocycles. The van der Waals surface area contributed by atoms with Crippen molar-refractivity contribution in [2.45, 2.75) is 32.7 Å². The summed E-state index contributed by atoms with van der Waals surface area (Å²) in [5.41, 5.74) is 1.68. The van der Waals surface area contributed by atoms with E-state index in [9.17, 15) is 4.79 Å². The molecule has 18 heavy (non-hydrogen) atoms. The number of aromatic carboxylic acids is 1. The summed E-state index contributed by atoms with van der Waals surface area (Å²) in [6.07, 6.45) is 2.12. The molecule has 0 radical (unpaired) electrons. The molecule has 0 amide bonds. The standard InChI is InChI=1S/C12H21N3O2S/c1-9(2)15(3)7-5-4-6-13-11-10(12(16)17)14-8-18-11/h8-9,13H,4-7H2,1-3H3,(H,16,17). The zero-order valence-electron chi connectivity index (χ0n) is 11.1. The average Bonchev–Trinajstić information content (AvgIpc) is 2.76. The van der Waals surface area contributed by atoms with E-state index in [1.54, 1.807) is 5.51 Å². The molecule has 0 fully saturated rings. The van der Waals surface area contributed by atoms with E-state index in [-0.39, 0.29) is 5.69 Å². The van der Waals surface area contributed by atoms with Crippen molar-refractivity contribution >= 4 is 22.3 Å². The van der Waals surface area contributed by atoms with Crippen LogP contribution < -0.4 is 5.32 Å². The number of carboxylic acids is 1. The van der Waals surface area contributed by atoms with Crippen LogP contribution in [0, 0.1) is 0 Å². The Kier molecular flexibility index (Phi) is 6.07. The molecule has 5 nitrogen and oxygen atoms in total. The van der Waals surface area contributed by atoms with Gasteiger partial charge >= 0.3 is 5.97 Å². The minimum absolute atomic E-state index is 0.124. The van der Waals surface area contributed by atoms with Crippen molar-refractivity contribution in [3.8, 4) is 0 Å². The lowest BCUT2D eigenvalue weighted by Crippen LogP contribution is -2.27. The van der Waals surface area contributed by atoms with Crippen LogP contribution in [0.3, 0.4) is 0 Å². The van der Waals surface area contributed by atoms with Gasteiger partial charge in [0.05, 0.1) is 5.51 Å². The fraction of sp³-hybridized carbons (Fsp3) is 0.667. The lowest BCUT2D eigenvalue weighted by molar-refractivity contribution is 0.0692. The lowest BCUT2D eigenvalue weighted by Gasteiger charge is -2.20. The summed E-state index contributed by atoms with van der Waals surface area (Å²) in [4.78, 5) is 16.9. The summed E-state index contributed by atoms with van der Waals surface area (Å²) in [6.45, 7) is 6.20. The third-order valence-corrected chi connectivity index (χ3v) is 3.66. The highest BCUT2D eigenvalue weighted by molar-refractivity contribution is 7.14. The Bertz CT molecular complexity index is 379. The SMILES string of the molecule is CC(C)N(C)CCCCNc1scnc1C(=O)O. The number of thiazole rings is 1. The van der Waals surface area contributed by atoms with Crippen molar-refractivity contribution in [2.24, 2.45) is 0 Å². The predicted octanol–water partition coefficient (Wildman–Crippen LogP) is 2.37. The molecular formula is C12H21N3O2S. The molecule has 0 saturated carbocycles. The molecule has 1 aromatic heterocycles. The normalized spacial score (nSPS) is 11.2. The summed E-state index contributed by atoms with van der Waals surface area (Å²) in [5, 5.41) is 12.7. The molecule has 0 saturated heterocycles. The number of unbranched alkanes of at least 4 members (excludes halogenated alkanes) is 1. The van der Waals surface area contributed by atoms with Gasteiger partial charge in [-0.15, -0.1) is 11.3 Å². The van der Waals surface area contributed by atoms with E-state index < -0.39 is 5.97 Å². The number of hydrogen-bond acceptors (Lipinski definition) is 5. The molecule has 2 N–H and O–H groups in total. The van der Waals surface area contributed by atoms with Gasteiger partial charge in [0.2, 0.25) is 0 Å². The minimum atomic E-state index is -0.974. The number of anilines is 1. The molecule has 0 aliphatic rings. The zero-order chi connectivity index (χ0) is 13.5. The van der Waals surface area contributed by atoms with Crippen molar-refractivity contribution in [1.29, 1.82) is 0 Å². The number of carboxylic acid groups (broad SMARTS) is 1. The quantitative estimate of drug-likeness (QED) is 0.711. The third-order valence-electron chi connectivity index (χ3n) is 2.87. The van der Waals surface area contributed by atoms with Crippen molar-refractivity contribution in [3.05, 3.63) is 11.2 Å². The molecule has 0 bridgehead atoms. The molecule has 0 aromatic carbocycles. The molecule has 1 aromatic rings. The first-order chi connectivity index (χ1) is 8.52. The Morgan fingerprint density at radius 3 is 2.89 bits per heavy atom. The molecule has 0 aliphatic heterocycles. The van der Waals surface area contributed by atoms with E-state index in [0.717, 1.165) is 25.9 Å². The van der Waals surface area contributed by atoms with Gasteiger partial charge < -0.3 is 15.3 Å². The van der Waals surface area contributed by atoms with Gasteiger partial charge in [0.25, 0.3) is 0 Å². The van der Waals surface area contributed by atoms with E-state index in [4.69, 9.17) is 5.11 Å². The second-order valence-electron chi connectivity index (χ2n) is 4.54. The van der Waals surface area contributed by atoms with Crippen LogP contribution in [-0.2, 0) is 0 Å². The number of nitrogens with zero attached hydrogens (tertiary/aromatic N) is 2. The third kappa shape index (κ3) is 4.62. The van der Waals surface area contributed by atoms with Crippen LogP contribution in [0.5, 0.6) is 0 Å². The van der Waals surface area contributed by atoms with Crippen molar-refractivity contribution in [2.75, 3.05) is 25.5 Å². The van der Waals surface area contributed by atoms with Crippen LogP contribution in [-0.4, -0.2) is 47.1 Å². The smallest absolute Gasteiger partial charge is 0.357 e. The van der Waals surface area contributed by atoms with Gasteiger partial charge in [-0.3, -0.25) is 0 Å². The van der Waals surface area contributed by atoms with E-state index >= 15 is 0 Å². The molecule has 0 aliphatic carbocycles. The number of rotatable bonds is 8. The second-order valence-corrected chi connectivity index (χ2v) is 5.40. The molecular weight excluding hydrogens is 250 g/mol. The molecule has 1 rings (SSSR count). The van der Waals surface area contributed by atoms with E-state index in [0.29, 0.717) is 11.0 Å². The van der Waals surface area contributed by atoms with Gasteiger partial charge in [-0.1, -0.05) is 0 Å². The van der Waals surface area contributed by atoms with E-state index in [1.807, 2.05) is 0 Å². The average molecular weight is 271 g/mol. The first kappa shape index (κ1) is 14.9. The van der Waals surface area contributed by atoms with Gasteiger partial charge in [0, 0.05) is 12.6 Å². The minimum Gasteiger partial charge on any atom is -0.476 e. The maximum Gasteiger partial charge on any atom is 0.357 e. The summed E-state index contributed by atoms with van der Waals surface area (Å²) in [7, 11) is 2.11. The zero-order valence-corrected chi connectivity index (χ0v) is 12.0. The number of carbonyl (C=O) groups is 1. The summed E-state index contributed by atoms with van der Waals surface area (Å²) in [6, 6.07) is 0.568. The van der Waals surface area contributed by atoms with Gasteiger partial charge in [0.1, 0.15) is 5.00 Å². The molecule has 0 atom stereocenters. The van der Waals surface area contributed by atoms with E-state index in [1.165, 1.54) is 11.3 Å². The Hall–Kier alpha value is -1.14. The molecule has 102 valence electrons. The molecule has 6 heteroatoms. The Balaban J connectivity index is 2.22. The Morgan fingerprint density at radius 1 is 1.56 bits per heavy atom. The van der Waals surface area contributed by atoms with Gasteiger partial charge in [0.15, 0.2) is 5.69 Å². The monoisotopic (exact) mass is 271 g/mol. The van der Waals surface area contributed by atoms with Crippen molar-refractivity contribution < 1.29 is 9.90 Å². The predicted molar refractivity (Wildman–Crippen MR) is 74.6 cm³/mol. The fourth-order valence-corrected chi connectivity index (χ4v) is 2.17. The highest BCUT2D eigenvalue weighted by atomic mass is 32.1. The molecule has 0 spiro atoms. The van der Waals surface area contributed by atoms with Crippen LogP contribution in [0.2, 0.25) is 0 Å². The number of aromatic nitrogens is 1. The van der Waals surface area contributed by atoms with Gasteiger partial charge in [-0.05, 0) is 40.3 Å². The highest BCUT2D eigenvalue weighted by Crippen LogP contribution is 2.19. The largest absolute Gasteiger partial charge is 0.476 e. The second kappa shape index (κ2) is 7.33. The Morgan fingerprint density at radius 2 is 2.28 bits per heavy atom.